The summed E-state index contributed by atoms with van der Waals surface area (Å²) in [6, 6.07) is 9.17. The van der Waals surface area contributed by atoms with E-state index in [1.165, 1.54) is 12.3 Å². The Kier molecular flexibility index (Phi) is 5.47. The van der Waals surface area contributed by atoms with Gasteiger partial charge in [-0.1, -0.05) is 0 Å². The molecule has 25 heavy (non-hydrogen) atoms. The van der Waals surface area contributed by atoms with Crippen LogP contribution in [0.15, 0.2) is 47.2 Å². The Hall–Kier alpha value is -3.07. The van der Waals surface area contributed by atoms with E-state index in [0.29, 0.717) is 17.2 Å². The minimum absolute atomic E-state index is 0.0900. The van der Waals surface area contributed by atoms with Crippen LogP contribution in [-0.2, 0) is 4.79 Å². The van der Waals surface area contributed by atoms with E-state index in [1.807, 2.05) is 6.07 Å². The number of furan rings is 1. The summed E-state index contributed by atoms with van der Waals surface area (Å²) in [6.07, 6.45) is 9.75. The number of rotatable bonds is 5. The number of nitrogens with one attached hydrogen (secondary N) is 1. The molecule has 0 unspecified atom stereocenters. The van der Waals surface area contributed by atoms with Gasteiger partial charge in [0.05, 0.1) is 11.8 Å². The number of nitrogens with zero attached hydrogens (tertiary/aromatic N) is 2. The highest BCUT2D eigenvalue weighted by atomic mass is 16.5. The van der Waals surface area contributed by atoms with Gasteiger partial charge in [0.2, 0.25) is 11.8 Å². The molecule has 0 bridgehead atoms. The van der Waals surface area contributed by atoms with Gasteiger partial charge in [0.15, 0.2) is 0 Å². The molecule has 1 aliphatic carbocycles. The zero-order chi connectivity index (χ0) is 17.5. The fraction of sp³-hybridized carbons (Fsp3) is 0.316. The average Bonchev–Trinajstić information content (AvgIpc) is 3.16. The standard InChI is InChI=1S/C19H19N3O3/c20-12-14-3-10-19(21-13-14)25-17-6-4-15(5-7-17)22-18(23)9-8-16-2-1-11-24-16/h1-3,8-11,13,15,17H,4-7H2,(H,22,23)/b9-8+. The van der Waals surface area contributed by atoms with Crippen LogP contribution in [0, 0.1) is 11.3 Å². The van der Waals surface area contributed by atoms with Crippen molar-refractivity contribution in [3.63, 3.8) is 0 Å². The Morgan fingerprint density at radius 1 is 1.32 bits per heavy atom. The third-order valence-corrected chi connectivity index (χ3v) is 4.12. The topological polar surface area (TPSA) is 88.1 Å². The summed E-state index contributed by atoms with van der Waals surface area (Å²) < 4.78 is 11.0. The second-order valence-corrected chi connectivity index (χ2v) is 5.95. The second-order valence-electron chi connectivity index (χ2n) is 5.95. The van der Waals surface area contributed by atoms with E-state index in [0.717, 1.165) is 25.7 Å². The number of hydrogen-bond acceptors (Lipinski definition) is 5. The van der Waals surface area contributed by atoms with Crippen molar-refractivity contribution in [1.29, 1.82) is 5.26 Å². The molecule has 6 heteroatoms. The summed E-state index contributed by atoms with van der Waals surface area (Å²) in [5.41, 5.74) is 0.515. The van der Waals surface area contributed by atoms with Crippen LogP contribution in [0.4, 0.5) is 0 Å². The van der Waals surface area contributed by atoms with Gasteiger partial charge in [-0.2, -0.15) is 5.26 Å². The van der Waals surface area contributed by atoms with Crippen molar-refractivity contribution >= 4 is 12.0 Å². The number of carbonyl (C=O) groups excluding carboxylic acids is 1. The molecule has 0 radical (unpaired) electrons. The fourth-order valence-electron chi connectivity index (χ4n) is 2.81. The molecule has 1 saturated carbocycles. The number of nitriles is 1. The smallest absolute Gasteiger partial charge is 0.244 e. The molecule has 1 fully saturated rings. The molecule has 128 valence electrons. The largest absolute Gasteiger partial charge is 0.474 e. The molecule has 1 N–H and O–H groups in total. The van der Waals surface area contributed by atoms with Crippen LogP contribution in [0.1, 0.15) is 37.0 Å². The molecule has 2 aromatic heterocycles. The third kappa shape index (κ3) is 4.95. The molecule has 6 nitrogen and oxygen atoms in total. The van der Waals surface area contributed by atoms with Crippen LogP contribution >= 0.6 is 0 Å². The Bertz CT molecular complexity index is 752. The van der Waals surface area contributed by atoms with Gasteiger partial charge in [0.25, 0.3) is 0 Å². The molecular formula is C19H19N3O3. The molecule has 1 amide bonds. The lowest BCUT2D eigenvalue weighted by Gasteiger charge is -2.28. The van der Waals surface area contributed by atoms with Crippen molar-refractivity contribution < 1.29 is 13.9 Å². The van der Waals surface area contributed by atoms with E-state index in [4.69, 9.17) is 14.4 Å². The Balaban J connectivity index is 1.42. The molecule has 0 aromatic carbocycles. The number of hydrogen-bond donors (Lipinski definition) is 1. The van der Waals surface area contributed by atoms with Gasteiger partial charge in [-0.15, -0.1) is 0 Å². The first-order valence-electron chi connectivity index (χ1n) is 8.28. The summed E-state index contributed by atoms with van der Waals surface area (Å²) in [4.78, 5) is 16.1. The lowest BCUT2D eigenvalue weighted by atomic mass is 9.93. The zero-order valence-corrected chi connectivity index (χ0v) is 13.7. The van der Waals surface area contributed by atoms with Crippen LogP contribution in [0.2, 0.25) is 0 Å². The van der Waals surface area contributed by atoms with Gasteiger partial charge in [0, 0.05) is 24.4 Å². The van der Waals surface area contributed by atoms with Gasteiger partial charge in [-0.25, -0.2) is 4.98 Å². The first-order chi connectivity index (χ1) is 12.2. The highest BCUT2D eigenvalue weighted by Gasteiger charge is 2.23. The van der Waals surface area contributed by atoms with Crippen molar-refractivity contribution in [3.8, 4) is 11.9 Å². The van der Waals surface area contributed by atoms with Crippen LogP contribution in [-0.4, -0.2) is 23.0 Å². The quantitative estimate of drug-likeness (QED) is 0.847. The predicted octanol–water partition coefficient (Wildman–Crippen LogP) is 3.07. The van der Waals surface area contributed by atoms with Gasteiger partial charge in [-0.05, 0) is 50.0 Å². The van der Waals surface area contributed by atoms with Gasteiger partial charge >= 0.3 is 0 Å². The monoisotopic (exact) mass is 337 g/mol. The SMILES string of the molecule is N#Cc1ccc(OC2CCC(NC(=O)/C=C/c3ccco3)CC2)nc1. The highest BCUT2D eigenvalue weighted by Crippen LogP contribution is 2.23. The number of ether oxygens (including phenoxy) is 1. The van der Waals surface area contributed by atoms with Crippen molar-refractivity contribution in [2.24, 2.45) is 0 Å². The lowest BCUT2D eigenvalue weighted by Crippen LogP contribution is -2.39. The van der Waals surface area contributed by atoms with E-state index < -0.39 is 0 Å². The van der Waals surface area contributed by atoms with E-state index in [-0.39, 0.29) is 18.1 Å². The Morgan fingerprint density at radius 2 is 2.16 bits per heavy atom. The zero-order valence-electron chi connectivity index (χ0n) is 13.7. The fourth-order valence-corrected chi connectivity index (χ4v) is 2.81. The molecule has 0 aliphatic heterocycles. The molecule has 0 saturated heterocycles. The molecular weight excluding hydrogens is 318 g/mol. The van der Waals surface area contributed by atoms with E-state index in [1.54, 1.807) is 36.6 Å². The van der Waals surface area contributed by atoms with Crippen LogP contribution < -0.4 is 10.1 Å². The van der Waals surface area contributed by atoms with Crippen LogP contribution in [0.3, 0.4) is 0 Å². The molecule has 2 heterocycles. The average molecular weight is 337 g/mol. The summed E-state index contributed by atoms with van der Waals surface area (Å²) in [5.74, 6) is 1.07. The molecule has 0 atom stereocenters. The number of pyridine rings is 1. The maximum absolute atomic E-state index is 11.9. The highest BCUT2D eigenvalue weighted by molar-refractivity contribution is 5.91. The Morgan fingerprint density at radius 3 is 2.80 bits per heavy atom. The van der Waals surface area contributed by atoms with Gasteiger partial charge < -0.3 is 14.5 Å². The van der Waals surface area contributed by atoms with E-state index in [2.05, 4.69) is 10.3 Å². The number of carbonyl (C=O) groups is 1. The summed E-state index contributed by atoms with van der Waals surface area (Å²) >= 11 is 0. The van der Waals surface area contributed by atoms with E-state index >= 15 is 0 Å². The van der Waals surface area contributed by atoms with Crippen molar-refractivity contribution in [2.45, 2.75) is 37.8 Å². The molecule has 3 rings (SSSR count). The normalized spacial score (nSPS) is 20.1. The summed E-state index contributed by atoms with van der Waals surface area (Å²) in [5, 5.41) is 11.8. The first kappa shape index (κ1) is 16.8. The molecule has 2 aromatic rings. The molecule has 0 spiro atoms. The Labute approximate surface area is 146 Å². The van der Waals surface area contributed by atoms with Crippen LogP contribution in [0.5, 0.6) is 5.88 Å². The first-order valence-corrected chi connectivity index (χ1v) is 8.28. The summed E-state index contributed by atoms with van der Waals surface area (Å²) in [6.45, 7) is 0. The van der Waals surface area contributed by atoms with E-state index in [9.17, 15) is 4.79 Å². The van der Waals surface area contributed by atoms with Crippen molar-refractivity contribution in [3.05, 3.63) is 54.1 Å². The predicted molar refractivity (Wildman–Crippen MR) is 91.5 cm³/mol. The number of aromatic nitrogens is 1. The van der Waals surface area contributed by atoms with Gasteiger partial charge in [-0.3, -0.25) is 4.79 Å². The molecule has 1 aliphatic rings. The number of amides is 1. The maximum Gasteiger partial charge on any atom is 0.244 e. The van der Waals surface area contributed by atoms with Crippen molar-refractivity contribution in [2.75, 3.05) is 0 Å². The minimum Gasteiger partial charge on any atom is -0.474 e. The lowest BCUT2D eigenvalue weighted by molar-refractivity contribution is -0.117. The van der Waals surface area contributed by atoms with Gasteiger partial charge in [0.1, 0.15) is 17.9 Å². The summed E-state index contributed by atoms with van der Waals surface area (Å²) in [7, 11) is 0. The maximum atomic E-state index is 11.9. The van der Waals surface area contributed by atoms with Crippen LogP contribution in [0.25, 0.3) is 6.08 Å². The minimum atomic E-state index is -0.116. The second kappa shape index (κ2) is 8.15. The third-order valence-electron chi connectivity index (χ3n) is 4.12. The van der Waals surface area contributed by atoms with Crippen molar-refractivity contribution in [1.82, 2.24) is 10.3 Å².